The Bertz CT molecular complexity index is 1240. The van der Waals surface area contributed by atoms with Gasteiger partial charge in [-0.1, -0.05) is 0 Å². The van der Waals surface area contributed by atoms with Crippen LogP contribution in [-0.2, 0) is 4.79 Å². The second-order valence-corrected chi connectivity index (χ2v) is 7.53. The summed E-state index contributed by atoms with van der Waals surface area (Å²) >= 11 is 0. The van der Waals surface area contributed by atoms with Gasteiger partial charge in [-0.15, -0.1) is 12.4 Å². The summed E-state index contributed by atoms with van der Waals surface area (Å²) in [7, 11) is 0. The normalized spacial score (nSPS) is 10.3. The number of H-pyrrole nitrogens is 3. The van der Waals surface area contributed by atoms with Crippen LogP contribution in [0.3, 0.4) is 0 Å². The SMILES string of the molecule is Cc1c(N)c[nH]c1C(=O)Nc1c[nH]c(C(=O)Nc2c[nH]c(C(=O)NCCC(N)=O)c2C)c1C.Cl. The number of hydrogen-bond acceptors (Lipinski definition) is 5. The van der Waals surface area contributed by atoms with Gasteiger partial charge >= 0.3 is 0 Å². The second kappa shape index (κ2) is 10.6. The van der Waals surface area contributed by atoms with E-state index >= 15 is 0 Å². The number of rotatable bonds is 8. The summed E-state index contributed by atoms with van der Waals surface area (Å²) in [6, 6.07) is 0. The highest BCUT2D eigenvalue weighted by Crippen LogP contribution is 2.24. The largest absolute Gasteiger partial charge is 0.397 e. The molecule has 0 radical (unpaired) electrons. The Hall–Kier alpha value is -4.19. The molecule has 0 atom stereocenters. The van der Waals surface area contributed by atoms with Gasteiger partial charge in [-0.3, -0.25) is 19.2 Å². The Morgan fingerprint density at radius 2 is 1.21 bits per heavy atom. The van der Waals surface area contributed by atoms with Gasteiger partial charge < -0.3 is 42.4 Å². The summed E-state index contributed by atoms with van der Waals surface area (Å²) in [6.07, 6.45) is 4.58. The van der Waals surface area contributed by atoms with Crippen LogP contribution in [0.4, 0.5) is 17.1 Å². The molecule has 3 aromatic heterocycles. The van der Waals surface area contributed by atoms with E-state index in [1.807, 2.05) is 0 Å². The number of nitrogens with two attached hydrogens (primary N) is 2. The van der Waals surface area contributed by atoms with Crippen molar-refractivity contribution in [2.24, 2.45) is 5.73 Å². The van der Waals surface area contributed by atoms with Crippen molar-refractivity contribution < 1.29 is 19.2 Å². The number of nitrogen functional groups attached to an aromatic ring is 1. The van der Waals surface area contributed by atoms with Gasteiger partial charge in [0.15, 0.2) is 0 Å². The highest BCUT2D eigenvalue weighted by molar-refractivity contribution is 6.09. The van der Waals surface area contributed by atoms with E-state index in [0.29, 0.717) is 39.4 Å². The first-order valence-electron chi connectivity index (χ1n) is 10.1. The molecule has 0 unspecified atom stereocenters. The smallest absolute Gasteiger partial charge is 0.272 e. The standard InChI is InChI=1S/C21H26N8O4.ClH/c1-9-12(22)6-25-16(9)20(32)28-14-8-27-18(11(14)3)21(33)29-13-7-26-17(10(13)2)19(31)24-5-4-15(23)30;/h6-8,25-27H,4-5,22H2,1-3H3,(H2,23,30)(H,24,31)(H,28,32)(H,29,33);1H. The summed E-state index contributed by atoms with van der Waals surface area (Å²) in [5.74, 6) is -1.77. The van der Waals surface area contributed by atoms with Crippen molar-refractivity contribution in [1.82, 2.24) is 20.3 Å². The van der Waals surface area contributed by atoms with Crippen molar-refractivity contribution in [1.29, 1.82) is 0 Å². The molecular formula is C21H27ClN8O4. The minimum Gasteiger partial charge on any atom is -0.397 e. The summed E-state index contributed by atoms with van der Waals surface area (Å²) < 4.78 is 0. The predicted molar refractivity (Wildman–Crippen MR) is 130 cm³/mol. The summed E-state index contributed by atoms with van der Waals surface area (Å²) in [5.41, 5.74) is 14.7. The Kier molecular flexibility index (Phi) is 8.14. The molecule has 3 heterocycles. The lowest BCUT2D eigenvalue weighted by Crippen LogP contribution is -2.28. The molecule has 182 valence electrons. The van der Waals surface area contributed by atoms with Crippen molar-refractivity contribution in [3.8, 4) is 0 Å². The fourth-order valence-corrected chi connectivity index (χ4v) is 3.23. The molecule has 10 N–H and O–H groups in total. The van der Waals surface area contributed by atoms with Crippen molar-refractivity contribution >= 4 is 53.1 Å². The van der Waals surface area contributed by atoms with Crippen molar-refractivity contribution in [2.45, 2.75) is 27.2 Å². The van der Waals surface area contributed by atoms with Gasteiger partial charge in [-0.25, -0.2) is 0 Å². The molecule has 4 amide bonds. The van der Waals surface area contributed by atoms with Crippen LogP contribution < -0.4 is 27.4 Å². The van der Waals surface area contributed by atoms with Crippen LogP contribution in [0, 0.1) is 20.8 Å². The molecule has 0 saturated heterocycles. The third-order valence-corrected chi connectivity index (χ3v) is 5.29. The molecule has 0 bridgehead atoms. The molecule has 0 aliphatic carbocycles. The van der Waals surface area contributed by atoms with Crippen LogP contribution >= 0.6 is 12.4 Å². The van der Waals surface area contributed by atoms with E-state index in [2.05, 4.69) is 30.9 Å². The summed E-state index contributed by atoms with van der Waals surface area (Å²) in [4.78, 5) is 56.9. The molecule has 12 nitrogen and oxygen atoms in total. The fourth-order valence-electron chi connectivity index (χ4n) is 3.23. The Labute approximate surface area is 201 Å². The molecule has 3 rings (SSSR count). The second-order valence-electron chi connectivity index (χ2n) is 7.53. The van der Waals surface area contributed by atoms with Crippen LogP contribution in [0.2, 0.25) is 0 Å². The number of aromatic nitrogens is 3. The minimum atomic E-state index is -0.518. The lowest BCUT2D eigenvalue weighted by Gasteiger charge is -2.07. The van der Waals surface area contributed by atoms with E-state index in [9.17, 15) is 19.2 Å². The van der Waals surface area contributed by atoms with Crippen LogP contribution in [-0.4, -0.2) is 45.1 Å². The van der Waals surface area contributed by atoms with Crippen molar-refractivity contribution in [3.05, 3.63) is 52.4 Å². The molecule has 0 aliphatic rings. The van der Waals surface area contributed by atoms with Crippen molar-refractivity contribution in [3.63, 3.8) is 0 Å². The number of amides is 4. The highest BCUT2D eigenvalue weighted by atomic mass is 35.5. The summed E-state index contributed by atoms with van der Waals surface area (Å²) in [6.45, 7) is 5.21. The van der Waals surface area contributed by atoms with E-state index in [1.54, 1.807) is 27.0 Å². The molecule has 0 spiro atoms. The molecule has 13 heteroatoms. The first-order valence-corrected chi connectivity index (χ1v) is 10.1. The number of nitrogens with one attached hydrogen (secondary N) is 6. The average molecular weight is 491 g/mol. The van der Waals surface area contributed by atoms with Crippen LogP contribution in [0.1, 0.15) is 54.6 Å². The van der Waals surface area contributed by atoms with Gasteiger partial charge in [0.2, 0.25) is 5.91 Å². The number of carbonyl (C=O) groups excluding carboxylic acids is 4. The quantitative estimate of drug-likeness (QED) is 0.237. The maximum Gasteiger partial charge on any atom is 0.272 e. The Morgan fingerprint density at radius 1 is 0.765 bits per heavy atom. The van der Waals surface area contributed by atoms with E-state index in [0.717, 1.165) is 0 Å². The third kappa shape index (κ3) is 5.41. The molecule has 0 aliphatic heterocycles. The minimum absolute atomic E-state index is 0. The molecule has 3 aromatic rings. The third-order valence-electron chi connectivity index (χ3n) is 5.29. The van der Waals surface area contributed by atoms with Crippen molar-refractivity contribution in [2.75, 3.05) is 22.9 Å². The van der Waals surface area contributed by atoms with Gasteiger partial charge in [0.1, 0.15) is 17.1 Å². The van der Waals surface area contributed by atoms with E-state index in [1.165, 1.54) is 12.4 Å². The number of aromatic amines is 3. The van der Waals surface area contributed by atoms with Gasteiger partial charge in [0, 0.05) is 48.2 Å². The average Bonchev–Trinajstić information content (AvgIpc) is 3.40. The predicted octanol–water partition coefficient (Wildman–Crippen LogP) is 1.71. The maximum atomic E-state index is 12.8. The first kappa shape index (κ1) is 26.1. The van der Waals surface area contributed by atoms with Crippen LogP contribution in [0.15, 0.2) is 18.6 Å². The number of carbonyl (C=O) groups is 4. The number of primary amides is 1. The summed E-state index contributed by atoms with van der Waals surface area (Å²) in [5, 5.41) is 8.06. The van der Waals surface area contributed by atoms with Crippen LogP contribution in [0.5, 0.6) is 0 Å². The molecule has 0 fully saturated rings. The lowest BCUT2D eigenvalue weighted by atomic mass is 10.2. The van der Waals surface area contributed by atoms with E-state index in [4.69, 9.17) is 11.5 Å². The first-order chi connectivity index (χ1) is 15.6. The molecule has 0 aromatic carbocycles. The number of anilines is 3. The number of halogens is 1. The molecule has 0 saturated carbocycles. The maximum absolute atomic E-state index is 12.8. The zero-order chi connectivity index (χ0) is 24.3. The zero-order valence-corrected chi connectivity index (χ0v) is 19.7. The molecular weight excluding hydrogens is 464 g/mol. The van der Waals surface area contributed by atoms with Gasteiger partial charge in [0.25, 0.3) is 17.7 Å². The lowest BCUT2D eigenvalue weighted by molar-refractivity contribution is -0.117. The fraction of sp³-hybridized carbons (Fsp3) is 0.238. The van der Waals surface area contributed by atoms with E-state index < -0.39 is 17.7 Å². The monoisotopic (exact) mass is 490 g/mol. The Balaban J connectivity index is 0.00000408. The Morgan fingerprint density at radius 3 is 1.65 bits per heavy atom. The zero-order valence-electron chi connectivity index (χ0n) is 18.8. The topological polar surface area (TPSA) is 204 Å². The number of hydrogen-bond donors (Lipinski definition) is 8. The molecule has 34 heavy (non-hydrogen) atoms. The van der Waals surface area contributed by atoms with Gasteiger partial charge in [0.05, 0.1) is 17.1 Å². The highest BCUT2D eigenvalue weighted by Gasteiger charge is 2.21. The van der Waals surface area contributed by atoms with Crippen LogP contribution in [0.25, 0.3) is 0 Å². The van der Waals surface area contributed by atoms with Gasteiger partial charge in [-0.2, -0.15) is 0 Å². The van der Waals surface area contributed by atoms with E-state index in [-0.39, 0.29) is 42.7 Å². The van der Waals surface area contributed by atoms with Gasteiger partial charge in [-0.05, 0) is 20.8 Å².